The van der Waals surface area contributed by atoms with Gasteiger partial charge in [0.25, 0.3) is 15.9 Å². The van der Waals surface area contributed by atoms with Crippen LogP contribution >= 0.6 is 38.9 Å². The van der Waals surface area contributed by atoms with Crippen molar-refractivity contribution in [3.05, 3.63) is 93.2 Å². The van der Waals surface area contributed by atoms with Crippen molar-refractivity contribution in [3.63, 3.8) is 0 Å². The summed E-state index contributed by atoms with van der Waals surface area (Å²) in [7, 11) is -3.82. The number of sulfonamides is 1. The van der Waals surface area contributed by atoms with Gasteiger partial charge in [-0.05, 0) is 54.6 Å². The Morgan fingerprint density at radius 2 is 1.72 bits per heavy atom. The molecule has 0 aliphatic carbocycles. The fraction of sp³-hybridized carbons (Fsp3) is 0. The van der Waals surface area contributed by atoms with E-state index < -0.39 is 15.9 Å². The fourth-order valence-electron chi connectivity index (χ4n) is 2.81. The van der Waals surface area contributed by atoms with E-state index in [4.69, 9.17) is 11.6 Å². The van der Waals surface area contributed by atoms with E-state index in [1.54, 1.807) is 18.2 Å². The van der Waals surface area contributed by atoms with Crippen LogP contribution in [0.5, 0.6) is 0 Å². The highest BCUT2D eigenvalue weighted by Gasteiger charge is 2.16. The number of amides is 1. The Balaban J connectivity index is 1.48. The first kappa shape index (κ1) is 22.5. The number of hydrogen-bond donors (Lipinski definition) is 2. The molecule has 0 aliphatic rings. The molecule has 0 saturated carbocycles. The van der Waals surface area contributed by atoms with Crippen molar-refractivity contribution in [3.8, 4) is 11.3 Å². The molecule has 6 nitrogen and oxygen atoms in total. The summed E-state index contributed by atoms with van der Waals surface area (Å²) in [5, 5.41) is 5.49. The van der Waals surface area contributed by atoms with Crippen LogP contribution in [0.2, 0.25) is 5.02 Å². The normalized spacial score (nSPS) is 11.2. The van der Waals surface area contributed by atoms with Gasteiger partial charge in [0.05, 0.1) is 10.6 Å². The molecule has 1 heterocycles. The third kappa shape index (κ3) is 5.36. The summed E-state index contributed by atoms with van der Waals surface area (Å²) in [6.45, 7) is 0. The van der Waals surface area contributed by atoms with E-state index in [1.165, 1.54) is 41.7 Å². The van der Waals surface area contributed by atoms with E-state index in [1.807, 2.05) is 29.6 Å². The molecule has 0 saturated heterocycles. The van der Waals surface area contributed by atoms with Gasteiger partial charge in [-0.2, -0.15) is 0 Å². The predicted octanol–water partition coefficient (Wildman–Crippen LogP) is 6.28. The third-order valence-corrected chi connectivity index (χ3v) is 7.30. The molecule has 32 heavy (non-hydrogen) atoms. The van der Waals surface area contributed by atoms with E-state index in [0.717, 1.165) is 15.7 Å². The van der Waals surface area contributed by atoms with Crippen molar-refractivity contribution in [2.75, 3.05) is 10.0 Å². The Bertz CT molecular complexity index is 1370. The Hall–Kier alpha value is -2.72. The minimum atomic E-state index is -3.82. The van der Waals surface area contributed by atoms with Gasteiger partial charge in [-0.1, -0.05) is 45.7 Å². The van der Waals surface area contributed by atoms with Crippen LogP contribution in [0.4, 0.5) is 10.8 Å². The first-order chi connectivity index (χ1) is 15.3. The van der Waals surface area contributed by atoms with Crippen molar-refractivity contribution >= 4 is 65.6 Å². The SMILES string of the molecule is O=C(Nc1nc(-c2ccc(Br)cc2)cs1)c1cccc(NS(=O)(=O)c2ccc(Cl)cc2)c1. The van der Waals surface area contributed by atoms with Crippen molar-refractivity contribution in [2.24, 2.45) is 0 Å². The molecule has 0 unspecified atom stereocenters. The lowest BCUT2D eigenvalue weighted by Crippen LogP contribution is -2.15. The van der Waals surface area contributed by atoms with Gasteiger partial charge in [-0.25, -0.2) is 13.4 Å². The largest absolute Gasteiger partial charge is 0.298 e. The standard InChI is InChI=1S/C22H15BrClN3O3S2/c23-16-6-4-14(5-7-16)20-13-31-22(25-20)26-21(28)15-2-1-3-18(12-15)27-32(29,30)19-10-8-17(24)9-11-19/h1-13,27H,(H,25,26,28). The number of thiazole rings is 1. The molecule has 2 N–H and O–H groups in total. The van der Waals surface area contributed by atoms with Crippen molar-refractivity contribution in [1.82, 2.24) is 4.98 Å². The molecule has 0 fully saturated rings. The second kappa shape index (κ2) is 9.41. The minimum absolute atomic E-state index is 0.0695. The maximum atomic E-state index is 12.7. The number of anilines is 2. The number of hydrogen-bond acceptors (Lipinski definition) is 5. The number of aromatic nitrogens is 1. The smallest absolute Gasteiger partial charge is 0.261 e. The number of nitrogens with zero attached hydrogens (tertiary/aromatic N) is 1. The summed E-state index contributed by atoms with van der Waals surface area (Å²) in [6, 6.07) is 19.7. The summed E-state index contributed by atoms with van der Waals surface area (Å²) in [4.78, 5) is 17.2. The second-order valence-electron chi connectivity index (χ2n) is 6.64. The molecule has 10 heteroatoms. The van der Waals surface area contributed by atoms with Crippen LogP contribution in [0.25, 0.3) is 11.3 Å². The lowest BCUT2D eigenvalue weighted by molar-refractivity contribution is 0.102. The first-order valence-corrected chi connectivity index (χ1v) is 12.7. The highest BCUT2D eigenvalue weighted by Crippen LogP contribution is 2.27. The van der Waals surface area contributed by atoms with Crippen LogP contribution in [0.3, 0.4) is 0 Å². The van der Waals surface area contributed by atoms with E-state index in [9.17, 15) is 13.2 Å². The van der Waals surface area contributed by atoms with E-state index in [2.05, 4.69) is 31.0 Å². The van der Waals surface area contributed by atoms with Crippen LogP contribution in [-0.2, 0) is 10.0 Å². The molecule has 162 valence electrons. The summed E-state index contributed by atoms with van der Waals surface area (Å²) in [5.41, 5.74) is 2.25. The molecule has 0 radical (unpaired) electrons. The zero-order chi connectivity index (χ0) is 22.7. The molecule has 3 aromatic carbocycles. The molecule has 0 atom stereocenters. The van der Waals surface area contributed by atoms with E-state index >= 15 is 0 Å². The number of halogens is 2. The highest BCUT2D eigenvalue weighted by atomic mass is 79.9. The van der Waals surface area contributed by atoms with Gasteiger partial charge in [0.1, 0.15) is 0 Å². The molecule has 4 aromatic rings. The summed E-state index contributed by atoms with van der Waals surface area (Å²) < 4.78 is 28.6. The average Bonchev–Trinajstić information content (AvgIpc) is 3.23. The maximum absolute atomic E-state index is 12.7. The number of nitrogens with one attached hydrogen (secondary N) is 2. The van der Waals surface area contributed by atoms with Gasteiger partial charge in [0.15, 0.2) is 5.13 Å². The van der Waals surface area contributed by atoms with Gasteiger partial charge in [0.2, 0.25) is 0 Å². The van der Waals surface area contributed by atoms with Crippen molar-refractivity contribution in [1.29, 1.82) is 0 Å². The molecule has 1 aromatic heterocycles. The lowest BCUT2D eigenvalue weighted by atomic mass is 10.2. The predicted molar refractivity (Wildman–Crippen MR) is 132 cm³/mol. The molecule has 0 bridgehead atoms. The summed E-state index contributed by atoms with van der Waals surface area (Å²) >= 11 is 10.5. The molecule has 0 spiro atoms. The molecule has 0 aliphatic heterocycles. The fourth-order valence-corrected chi connectivity index (χ4v) is 4.96. The zero-order valence-electron chi connectivity index (χ0n) is 16.2. The number of benzene rings is 3. The number of carbonyl (C=O) groups excluding carboxylic acids is 1. The second-order valence-corrected chi connectivity index (χ2v) is 10.5. The quantitative estimate of drug-likeness (QED) is 0.297. The number of carbonyl (C=O) groups is 1. The summed E-state index contributed by atoms with van der Waals surface area (Å²) in [5.74, 6) is -0.394. The topological polar surface area (TPSA) is 88.2 Å². The summed E-state index contributed by atoms with van der Waals surface area (Å²) in [6.07, 6.45) is 0. The van der Waals surface area contributed by atoms with Gasteiger partial charge < -0.3 is 0 Å². The van der Waals surface area contributed by atoms with E-state index in [-0.39, 0.29) is 10.6 Å². The Morgan fingerprint density at radius 1 is 1.00 bits per heavy atom. The van der Waals surface area contributed by atoms with Crippen LogP contribution in [-0.4, -0.2) is 19.3 Å². The van der Waals surface area contributed by atoms with Gasteiger partial charge in [-0.15, -0.1) is 11.3 Å². The molecular weight excluding hydrogens is 534 g/mol. The third-order valence-electron chi connectivity index (χ3n) is 4.37. The molecule has 1 amide bonds. The van der Waals surface area contributed by atoms with E-state index in [0.29, 0.717) is 15.7 Å². The lowest BCUT2D eigenvalue weighted by Gasteiger charge is -2.09. The van der Waals surface area contributed by atoms with Gasteiger partial charge in [-0.3, -0.25) is 14.8 Å². The average molecular weight is 549 g/mol. The number of rotatable bonds is 6. The van der Waals surface area contributed by atoms with Crippen LogP contribution in [0, 0.1) is 0 Å². The molecular formula is C22H15BrClN3O3S2. The monoisotopic (exact) mass is 547 g/mol. The Labute approximate surface area is 202 Å². The first-order valence-electron chi connectivity index (χ1n) is 9.21. The van der Waals surface area contributed by atoms with Crippen molar-refractivity contribution < 1.29 is 13.2 Å². The Kier molecular flexibility index (Phi) is 6.61. The van der Waals surface area contributed by atoms with Crippen LogP contribution in [0.15, 0.2) is 87.5 Å². The molecule has 4 rings (SSSR count). The van der Waals surface area contributed by atoms with Crippen LogP contribution < -0.4 is 10.0 Å². The van der Waals surface area contributed by atoms with Crippen LogP contribution in [0.1, 0.15) is 10.4 Å². The maximum Gasteiger partial charge on any atom is 0.261 e. The zero-order valence-corrected chi connectivity index (χ0v) is 20.2. The van der Waals surface area contributed by atoms with Gasteiger partial charge in [0, 0.05) is 31.7 Å². The minimum Gasteiger partial charge on any atom is -0.298 e. The van der Waals surface area contributed by atoms with Gasteiger partial charge >= 0.3 is 0 Å². The van der Waals surface area contributed by atoms with Crippen molar-refractivity contribution in [2.45, 2.75) is 4.90 Å². The highest BCUT2D eigenvalue weighted by molar-refractivity contribution is 9.10. The Morgan fingerprint density at radius 3 is 2.44 bits per heavy atom.